The number of carbonyl (C=O) groups excluding carboxylic acids is 2. The number of rotatable bonds is 9. The van der Waals surface area contributed by atoms with E-state index in [0.29, 0.717) is 19.4 Å². The molecule has 0 saturated carbocycles. The molecule has 0 aliphatic carbocycles. The van der Waals surface area contributed by atoms with Crippen LogP contribution in [0.15, 0.2) is 82.3 Å². The molecule has 162 valence electrons. The molecular formula is C22H23N3O5S. The van der Waals surface area contributed by atoms with Crippen LogP contribution in [0.5, 0.6) is 0 Å². The van der Waals surface area contributed by atoms with E-state index in [9.17, 15) is 18.0 Å². The van der Waals surface area contributed by atoms with E-state index in [4.69, 9.17) is 9.56 Å². The van der Waals surface area contributed by atoms with Gasteiger partial charge in [-0.15, -0.1) is 0 Å². The third kappa shape index (κ3) is 6.53. The molecule has 3 rings (SSSR count). The Morgan fingerprint density at radius 1 is 0.935 bits per heavy atom. The zero-order chi connectivity index (χ0) is 22.3. The summed E-state index contributed by atoms with van der Waals surface area (Å²) in [5, 5.41) is 10.6. The summed E-state index contributed by atoms with van der Waals surface area (Å²) in [4.78, 5) is 25.2. The van der Waals surface area contributed by atoms with Gasteiger partial charge in [0.15, 0.2) is 5.76 Å². The zero-order valence-corrected chi connectivity index (χ0v) is 17.5. The van der Waals surface area contributed by atoms with Crippen molar-refractivity contribution in [3.63, 3.8) is 0 Å². The topological polar surface area (TPSA) is 132 Å². The highest BCUT2D eigenvalue weighted by Gasteiger charge is 2.22. The lowest BCUT2D eigenvalue weighted by atomic mass is 10.0. The molecule has 0 aliphatic heterocycles. The standard InChI is InChI=1S/C22H23N3O5S/c23-31(28,29)18-10-8-16(9-11-18)12-13-24-21(26)19(15-17-5-2-1-3-6-17)25-22(27)20-7-4-14-30-20/h1-11,14,19H,12-13,15H2,(H,24,26)(H,25,27)(H2,23,28,29)/t19-/m0/s1. The fraction of sp³-hybridized carbons (Fsp3) is 0.182. The molecule has 0 fully saturated rings. The quantitative estimate of drug-likeness (QED) is 0.464. The van der Waals surface area contributed by atoms with Gasteiger partial charge in [-0.2, -0.15) is 0 Å². The molecule has 0 radical (unpaired) electrons. The predicted molar refractivity (Wildman–Crippen MR) is 115 cm³/mol. The van der Waals surface area contributed by atoms with Gasteiger partial charge in [0.25, 0.3) is 5.91 Å². The summed E-state index contributed by atoms with van der Waals surface area (Å²) < 4.78 is 27.8. The Bertz CT molecular complexity index is 1110. The molecule has 0 spiro atoms. The van der Waals surface area contributed by atoms with E-state index in [1.165, 1.54) is 24.5 Å². The van der Waals surface area contributed by atoms with Gasteiger partial charge in [-0.25, -0.2) is 13.6 Å². The SMILES string of the molecule is NS(=O)(=O)c1ccc(CCNC(=O)[C@H](Cc2ccccc2)NC(=O)c2ccco2)cc1. The fourth-order valence-corrected chi connectivity index (χ4v) is 3.51. The van der Waals surface area contributed by atoms with Crippen LogP contribution >= 0.6 is 0 Å². The Morgan fingerprint density at radius 3 is 2.26 bits per heavy atom. The second-order valence-corrected chi connectivity index (χ2v) is 8.48. The minimum atomic E-state index is -3.74. The smallest absolute Gasteiger partial charge is 0.287 e. The number of furan rings is 1. The molecule has 31 heavy (non-hydrogen) atoms. The van der Waals surface area contributed by atoms with Gasteiger partial charge in [0, 0.05) is 13.0 Å². The number of sulfonamides is 1. The number of primary sulfonamides is 1. The van der Waals surface area contributed by atoms with E-state index in [1.807, 2.05) is 30.3 Å². The number of hydrogen-bond acceptors (Lipinski definition) is 5. The summed E-state index contributed by atoms with van der Waals surface area (Å²) in [5.74, 6) is -0.676. The summed E-state index contributed by atoms with van der Waals surface area (Å²) in [6.45, 7) is 0.315. The van der Waals surface area contributed by atoms with Gasteiger partial charge in [-0.1, -0.05) is 42.5 Å². The molecule has 8 nitrogen and oxygen atoms in total. The third-order valence-corrected chi connectivity index (χ3v) is 5.54. The lowest BCUT2D eigenvalue weighted by Gasteiger charge is -2.18. The van der Waals surface area contributed by atoms with E-state index in [2.05, 4.69) is 10.6 Å². The van der Waals surface area contributed by atoms with Crippen LogP contribution in [0.3, 0.4) is 0 Å². The van der Waals surface area contributed by atoms with Crippen molar-refractivity contribution in [3.8, 4) is 0 Å². The largest absolute Gasteiger partial charge is 0.459 e. The van der Waals surface area contributed by atoms with Crippen LogP contribution in [0.2, 0.25) is 0 Å². The van der Waals surface area contributed by atoms with E-state index in [0.717, 1.165) is 11.1 Å². The number of hydrogen-bond donors (Lipinski definition) is 3. The molecular weight excluding hydrogens is 418 g/mol. The number of amides is 2. The molecule has 9 heteroatoms. The van der Waals surface area contributed by atoms with E-state index >= 15 is 0 Å². The average molecular weight is 442 g/mol. The Balaban J connectivity index is 1.61. The second-order valence-electron chi connectivity index (χ2n) is 6.92. The molecule has 0 saturated heterocycles. The highest BCUT2D eigenvalue weighted by molar-refractivity contribution is 7.89. The van der Waals surface area contributed by atoms with E-state index in [1.54, 1.807) is 18.2 Å². The van der Waals surface area contributed by atoms with Gasteiger partial charge in [0.05, 0.1) is 11.2 Å². The van der Waals surface area contributed by atoms with Gasteiger partial charge in [-0.3, -0.25) is 9.59 Å². The summed E-state index contributed by atoms with van der Waals surface area (Å²) >= 11 is 0. The van der Waals surface area contributed by atoms with Crippen molar-refractivity contribution >= 4 is 21.8 Å². The Morgan fingerprint density at radius 2 is 1.65 bits per heavy atom. The van der Waals surface area contributed by atoms with Crippen LogP contribution in [0.25, 0.3) is 0 Å². The second kappa shape index (κ2) is 10.1. The van der Waals surface area contributed by atoms with Crippen molar-refractivity contribution in [3.05, 3.63) is 89.9 Å². The summed E-state index contributed by atoms with van der Waals surface area (Å²) in [5.41, 5.74) is 1.74. The molecule has 2 amide bonds. The lowest BCUT2D eigenvalue weighted by molar-refractivity contribution is -0.122. The number of nitrogens with two attached hydrogens (primary N) is 1. The van der Waals surface area contributed by atoms with Crippen LogP contribution in [-0.2, 0) is 27.7 Å². The first-order valence-corrected chi connectivity index (χ1v) is 11.2. The van der Waals surface area contributed by atoms with Gasteiger partial charge < -0.3 is 15.1 Å². The summed E-state index contributed by atoms with van der Waals surface area (Å²) in [6, 6.07) is 17.8. The van der Waals surface area contributed by atoms with Gasteiger partial charge in [0.1, 0.15) is 6.04 Å². The minimum Gasteiger partial charge on any atom is -0.459 e. The monoisotopic (exact) mass is 441 g/mol. The number of carbonyl (C=O) groups is 2. The maximum Gasteiger partial charge on any atom is 0.287 e. The molecule has 0 unspecified atom stereocenters. The van der Waals surface area contributed by atoms with E-state index < -0.39 is 22.0 Å². The fourth-order valence-electron chi connectivity index (χ4n) is 3.00. The highest BCUT2D eigenvalue weighted by Crippen LogP contribution is 2.09. The molecule has 0 aliphatic rings. The zero-order valence-electron chi connectivity index (χ0n) is 16.7. The number of nitrogens with one attached hydrogen (secondary N) is 2. The van der Waals surface area contributed by atoms with Crippen LogP contribution in [0.1, 0.15) is 21.7 Å². The van der Waals surface area contributed by atoms with Crippen LogP contribution in [0, 0.1) is 0 Å². The molecule has 1 atom stereocenters. The van der Waals surface area contributed by atoms with Crippen LogP contribution in [-0.4, -0.2) is 32.8 Å². The van der Waals surface area contributed by atoms with Crippen LogP contribution < -0.4 is 15.8 Å². The lowest BCUT2D eigenvalue weighted by Crippen LogP contribution is -2.48. The Labute approximate surface area is 180 Å². The van der Waals surface area contributed by atoms with Crippen molar-refractivity contribution in [1.82, 2.24) is 10.6 Å². The minimum absolute atomic E-state index is 0.0313. The number of benzene rings is 2. The van der Waals surface area contributed by atoms with Crippen molar-refractivity contribution in [1.29, 1.82) is 0 Å². The van der Waals surface area contributed by atoms with Gasteiger partial charge in [0.2, 0.25) is 15.9 Å². The maximum atomic E-state index is 12.8. The summed E-state index contributed by atoms with van der Waals surface area (Å²) in [7, 11) is -3.74. The van der Waals surface area contributed by atoms with Crippen molar-refractivity contribution < 1.29 is 22.4 Å². The normalized spacial score (nSPS) is 12.2. The highest BCUT2D eigenvalue weighted by atomic mass is 32.2. The Kier molecular flexibility index (Phi) is 7.22. The predicted octanol–water partition coefficient (Wildman–Crippen LogP) is 1.63. The molecule has 1 heterocycles. The first-order valence-electron chi connectivity index (χ1n) is 9.60. The van der Waals surface area contributed by atoms with E-state index in [-0.39, 0.29) is 16.6 Å². The molecule has 4 N–H and O–H groups in total. The van der Waals surface area contributed by atoms with Gasteiger partial charge >= 0.3 is 0 Å². The first-order chi connectivity index (χ1) is 14.8. The average Bonchev–Trinajstić information content (AvgIpc) is 3.29. The molecule has 3 aromatic rings. The Hall–Kier alpha value is -3.43. The van der Waals surface area contributed by atoms with Crippen molar-refractivity contribution in [2.45, 2.75) is 23.8 Å². The van der Waals surface area contributed by atoms with Crippen LogP contribution in [0.4, 0.5) is 0 Å². The molecule has 0 bridgehead atoms. The first kappa shape index (κ1) is 22.3. The molecule has 1 aromatic heterocycles. The summed E-state index contributed by atoms with van der Waals surface area (Å²) in [6.07, 6.45) is 2.20. The third-order valence-electron chi connectivity index (χ3n) is 4.61. The van der Waals surface area contributed by atoms with Crippen molar-refractivity contribution in [2.75, 3.05) is 6.54 Å². The maximum absolute atomic E-state index is 12.8. The van der Waals surface area contributed by atoms with Crippen molar-refractivity contribution in [2.24, 2.45) is 5.14 Å². The van der Waals surface area contributed by atoms with Gasteiger partial charge in [-0.05, 0) is 41.8 Å². The molecule has 2 aromatic carbocycles.